The van der Waals surface area contributed by atoms with Gasteiger partial charge in [0.1, 0.15) is 24.3 Å². The van der Waals surface area contributed by atoms with Crippen LogP contribution in [0.1, 0.15) is 40.4 Å². The minimum atomic E-state index is -0.510. The van der Waals surface area contributed by atoms with Crippen molar-refractivity contribution in [2.24, 2.45) is 0 Å². The molecule has 0 atom stereocenters. The maximum Gasteiger partial charge on any atom is 0.338 e. The van der Waals surface area contributed by atoms with Crippen molar-refractivity contribution in [2.75, 3.05) is 0 Å². The van der Waals surface area contributed by atoms with E-state index in [1.165, 1.54) is 36.4 Å². The Hall–Kier alpha value is -4.98. The van der Waals surface area contributed by atoms with Crippen molar-refractivity contribution in [1.29, 1.82) is 0 Å². The van der Waals surface area contributed by atoms with Crippen LogP contribution in [0.5, 0.6) is 5.75 Å². The summed E-state index contributed by atoms with van der Waals surface area (Å²) in [5, 5.41) is 11.8. The average molecular weight is 537 g/mol. The van der Waals surface area contributed by atoms with Crippen molar-refractivity contribution in [3.63, 3.8) is 0 Å². The Morgan fingerprint density at radius 3 is 2.35 bits per heavy atom. The fourth-order valence-corrected chi connectivity index (χ4v) is 5.11. The Labute approximate surface area is 229 Å². The van der Waals surface area contributed by atoms with Crippen molar-refractivity contribution in [3.05, 3.63) is 136 Å². The molecule has 1 saturated carbocycles. The quantitative estimate of drug-likeness (QED) is 0.118. The molecular formula is C32H25FN2O5. The van der Waals surface area contributed by atoms with Gasteiger partial charge in [0.05, 0.1) is 16.0 Å². The Morgan fingerprint density at radius 2 is 1.65 bits per heavy atom. The Bertz CT molecular complexity index is 1680. The normalized spacial score (nSPS) is 16.3. The van der Waals surface area contributed by atoms with E-state index in [0.29, 0.717) is 19.4 Å². The summed E-state index contributed by atoms with van der Waals surface area (Å²) in [5.74, 6) is 0.0440. The molecule has 1 heterocycles. The molecule has 1 aromatic heterocycles. The molecule has 0 N–H and O–H groups in total. The van der Waals surface area contributed by atoms with Gasteiger partial charge in [-0.1, -0.05) is 36.4 Å². The van der Waals surface area contributed by atoms with Crippen LogP contribution in [-0.2, 0) is 11.3 Å². The average Bonchev–Trinajstić information content (AvgIpc) is 3.34. The molecule has 0 radical (unpaired) electrons. The highest BCUT2D eigenvalue weighted by atomic mass is 19.1. The Balaban J connectivity index is 1.25. The second kappa shape index (κ2) is 10.6. The second-order valence-electron chi connectivity index (χ2n) is 9.84. The minimum Gasteiger partial charge on any atom is -0.488 e. The molecule has 0 unspecified atom stereocenters. The number of hydrogen-bond acceptors (Lipinski definition) is 5. The lowest BCUT2D eigenvalue weighted by Gasteiger charge is -2.35. The van der Waals surface area contributed by atoms with Gasteiger partial charge in [0, 0.05) is 34.8 Å². The van der Waals surface area contributed by atoms with Crippen molar-refractivity contribution >= 4 is 22.6 Å². The number of benzene rings is 4. The number of nitro groups is 1. The van der Waals surface area contributed by atoms with E-state index in [9.17, 15) is 19.3 Å². The third-order valence-electron chi connectivity index (χ3n) is 7.26. The molecule has 0 bridgehead atoms. The van der Waals surface area contributed by atoms with Gasteiger partial charge in [-0.05, 0) is 73.0 Å². The lowest BCUT2D eigenvalue weighted by atomic mass is 9.79. The van der Waals surface area contributed by atoms with Gasteiger partial charge < -0.3 is 14.0 Å². The van der Waals surface area contributed by atoms with Crippen LogP contribution in [0.4, 0.5) is 10.1 Å². The predicted octanol–water partition coefficient (Wildman–Crippen LogP) is 7.36. The fourth-order valence-electron chi connectivity index (χ4n) is 5.11. The topological polar surface area (TPSA) is 83.6 Å². The summed E-state index contributed by atoms with van der Waals surface area (Å²) in [7, 11) is 0. The minimum absolute atomic E-state index is 0.0824. The second-order valence-corrected chi connectivity index (χ2v) is 9.84. The zero-order valence-electron chi connectivity index (χ0n) is 21.4. The van der Waals surface area contributed by atoms with E-state index < -0.39 is 10.9 Å². The van der Waals surface area contributed by atoms with Crippen molar-refractivity contribution < 1.29 is 23.6 Å². The molecule has 40 heavy (non-hydrogen) atoms. The molecule has 1 aliphatic carbocycles. The first-order valence-corrected chi connectivity index (χ1v) is 13.0. The first-order valence-electron chi connectivity index (χ1n) is 13.0. The standard InChI is InChI=1S/C32H25FN2O5/c33-24-11-15-25(16-12-24)34-29-7-4-8-31(39-20-21-5-2-1-3-6-21)28(29)19-30(34)23-17-27(18-23)40-32(36)22-9-13-26(14-10-22)35(37)38/h1-16,19,23,27H,17-18,20H2. The Morgan fingerprint density at radius 1 is 0.925 bits per heavy atom. The molecule has 0 aliphatic heterocycles. The summed E-state index contributed by atoms with van der Waals surface area (Å²) in [4.78, 5) is 23.0. The highest BCUT2D eigenvalue weighted by molar-refractivity contribution is 5.90. The van der Waals surface area contributed by atoms with Crippen LogP contribution in [0, 0.1) is 15.9 Å². The smallest absolute Gasteiger partial charge is 0.338 e. The van der Waals surface area contributed by atoms with Crippen LogP contribution < -0.4 is 4.74 Å². The number of nitrogens with zero attached hydrogens (tertiary/aromatic N) is 2. The molecule has 0 saturated heterocycles. The van der Waals surface area contributed by atoms with E-state index in [1.54, 1.807) is 12.1 Å². The summed E-state index contributed by atoms with van der Waals surface area (Å²) in [6.45, 7) is 0.432. The van der Waals surface area contributed by atoms with E-state index in [4.69, 9.17) is 9.47 Å². The van der Waals surface area contributed by atoms with Gasteiger partial charge in [-0.15, -0.1) is 0 Å². The highest BCUT2D eigenvalue weighted by Gasteiger charge is 2.36. The molecule has 5 aromatic rings. The molecule has 200 valence electrons. The number of aromatic nitrogens is 1. The first kappa shape index (κ1) is 25.3. The third-order valence-corrected chi connectivity index (χ3v) is 7.26. The lowest BCUT2D eigenvalue weighted by molar-refractivity contribution is -0.384. The Kier molecular flexibility index (Phi) is 6.74. The van der Waals surface area contributed by atoms with Crippen LogP contribution >= 0.6 is 0 Å². The monoisotopic (exact) mass is 536 g/mol. The number of carbonyl (C=O) groups is 1. The van der Waals surface area contributed by atoms with Crippen LogP contribution in [-0.4, -0.2) is 21.6 Å². The number of carbonyl (C=O) groups excluding carboxylic acids is 1. The molecule has 0 spiro atoms. The van der Waals surface area contributed by atoms with Crippen LogP contribution in [0.15, 0.2) is 103 Å². The van der Waals surface area contributed by atoms with Gasteiger partial charge in [0.2, 0.25) is 0 Å². The van der Waals surface area contributed by atoms with E-state index in [2.05, 4.69) is 10.6 Å². The number of rotatable bonds is 8. The van der Waals surface area contributed by atoms with Gasteiger partial charge >= 0.3 is 5.97 Å². The van der Waals surface area contributed by atoms with E-state index in [1.807, 2.05) is 48.5 Å². The first-order chi connectivity index (χ1) is 19.5. The lowest BCUT2D eigenvalue weighted by Crippen LogP contribution is -2.32. The van der Waals surface area contributed by atoms with E-state index >= 15 is 0 Å². The van der Waals surface area contributed by atoms with Crippen molar-refractivity contribution in [2.45, 2.75) is 31.5 Å². The molecule has 1 aliphatic rings. The van der Waals surface area contributed by atoms with Gasteiger partial charge in [0.25, 0.3) is 5.69 Å². The van der Waals surface area contributed by atoms with Crippen LogP contribution in [0.2, 0.25) is 0 Å². The summed E-state index contributed by atoms with van der Waals surface area (Å²) in [5.41, 5.74) is 4.06. The molecule has 6 rings (SSSR count). The predicted molar refractivity (Wildman–Crippen MR) is 148 cm³/mol. The van der Waals surface area contributed by atoms with E-state index in [-0.39, 0.29) is 29.1 Å². The summed E-state index contributed by atoms with van der Waals surface area (Å²) >= 11 is 0. The van der Waals surface area contributed by atoms with Gasteiger partial charge in [-0.25, -0.2) is 9.18 Å². The van der Waals surface area contributed by atoms with Gasteiger partial charge in [-0.3, -0.25) is 10.1 Å². The zero-order chi connectivity index (χ0) is 27.6. The third kappa shape index (κ3) is 5.03. The zero-order valence-corrected chi connectivity index (χ0v) is 21.4. The number of non-ortho nitro benzene ring substituents is 1. The van der Waals surface area contributed by atoms with Crippen LogP contribution in [0.25, 0.3) is 16.6 Å². The van der Waals surface area contributed by atoms with Gasteiger partial charge in [0.15, 0.2) is 0 Å². The number of nitro benzene ring substituents is 1. The summed E-state index contributed by atoms with van der Waals surface area (Å²) in [6, 6.07) is 29.7. The molecule has 4 aromatic carbocycles. The fraction of sp³-hybridized carbons (Fsp3) is 0.156. The molecule has 8 heteroatoms. The maximum absolute atomic E-state index is 13.8. The number of esters is 1. The maximum atomic E-state index is 13.8. The van der Waals surface area contributed by atoms with Gasteiger partial charge in [-0.2, -0.15) is 0 Å². The number of hydrogen-bond donors (Lipinski definition) is 0. The SMILES string of the molecule is O=C(OC1CC(c2cc3c(OCc4ccccc4)cccc3n2-c2ccc(F)cc2)C1)c1ccc([N+](=O)[O-])cc1. The molecule has 1 fully saturated rings. The highest BCUT2D eigenvalue weighted by Crippen LogP contribution is 2.44. The van der Waals surface area contributed by atoms with Crippen molar-refractivity contribution in [3.8, 4) is 11.4 Å². The largest absolute Gasteiger partial charge is 0.488 e. The van der Waals surface area contributed by atoms with E-state index in [0.717, 1.165) is 33.6 Å². The molecule has 0 amide bonds. The number of fused-ring (bicyclic) bond motifs is 1. The number of ether oxygens (including phenoxy) is 2. The molecule has 7 nitrogen and oxygen atoms in total. The van der Waals surface area contributed by atoms with Crippen molar-refractivity contribution in [1.82, 2.24) is 4.57 Å². The summed E-state index contributed by atoms with van der Waals surface area (Å²) < 4.78 is 27.8. The van der Waals surface area contributed by atoms with Crippen LogP contribution in [0.3, 0.4) is 0 Å². The summed E-state index contributed by atoms with van der Waals surface area (Å²) in [6.07, 6.45) is 0.966. The number of halogens is 1. The molecular weight excluding hydrogens is 511 g/mol.